The molecule has 2 rings (SSSR count). The highest BCUT2D eigenvalue weighted by atomic mass is 35.5. The van der Waals surface area contributed by atoms with E-state index in [-0.39, 0.29) is 5.92 Å². The number of hydrogen-bond donors (Lipinski definition) is 1. The van der Waals surface area contributed by atoms with E-state index in [1.807, 2.05) is 38.1 Å². The zero-order valence-corrected chi connectivity index (χ0v) is 11.9. The third-order valence-electron chi connectivity index (χ3n) is 2.46. The Kier molecular flexibility index (Phi) is 4.14. The summed E-state index contributed by atoms with van der Waals surface area (Å²) in [4.78, 5) is 0. The minimum absolute atomic E-state index is 0.267. The third-order valence-corrected chi connectivity index (χ3v) is 3.71. The summed E-state index contributed by atoms with van der Waals surface area (Å²) in [6, 6.07) is 7.76. The lowest BCUT2D eigenvalue weighted by Crippen LogP contribution is -2.14. The van der Waals surface area contributed by atoms with E-state index >= 15 is 0 Å². The molecule has 0 amide bonds. The van der Waals surface area contributed by atoms with Crippen LogP contribution in [-0.4, -0.2) is 14.9 Å². The van der Waals surface area contributed by atoms with Crippen molar-refractivity contribution in [1.29, 1.82) is 0 Å². The van der Waals surface area contributed by atoms with Crippen molar-refractivity contribution in [2.75, 3.05) is 5.84 Å². The lowest BCUT2D eigenvalue weighted by Gasteiger charge is -2.05. The molecule has 96 valence electrons. The molecule has 6 heteroatoms. The fourth-order valence-electron chi connectivity index (χ4n) is 1.56. The molecule has 0 atom stereocenters. The second-order valence-corrected chi connectivity index (χ2v) is 5.66. The standard InChI is InChI=1S/C12H15ClN4S/c1-8(2)11-15-16-12(17(11)14)18-7-9-4-3-5-10(13)6-9/h3-6,8H,7,14H2,1-2H3. The smallest absolute Gasteiger partial charge is 0.210 e. The van der Waals surface area contributed by atoms with Crippen molar-refractivity contribution in [3.8, 4) is 0 Å². The molecule has 0 radical (unpaired) electrons. The van der Waals surface area contributed by atoms with Crippen LogP contribution in [0.15, 0.2) is 29.4 Å². The van der Waals surface area contributed by atoms with Gasteiger partial charge in [-0.05, 0) is 17.7 Å². The van der Waals surface area contributed by atoms with Gasteiger partial charge in [-0.15, -0.1) is 10.2 Å². The molecule has 4 nitrogen and oxygen atoms in total. The highest BCUT2D eigenvalue weighted by Gasteiger charge is 2.12. The number of aromatic nitrogens is 3. The minimum atomic E-state index is 0.267. The predicted octanol–water partition coefficient (Wildman–Crippen LogP) is 3.06. The van der Waals surface area contributed by atoms with Gasteiger partial charge in [0.25, 0.3) is 0 Å². The summed E-state index contributed by atoms with van der Waals surface area (Å²) in [5.74, 6) is 7.78. The van der Waals surface area contributed by atoms with Gasteiger partial charge < -0.3 is 5.84 Å². The van der Waals surface area contributed by atoms with Crippen molar-refractivity contribution in [2.45, 2.75) is 30.7 Å². The molecular formula is C12H15ClN4S. The van der Waals surface area contributed by atoms with Crippen molar-refractivity contribution in [3.63, 3.8) is 0 Å². The van der Waals surface area contributed by atoms with Gasteiger partial charge in [0, 0.05) is 16.7 Å². The number of nitrogen functional groups attached to an aromatic ring is 1. The van der Waals surface area contributed by atoms with Crippen LogP contribution in [0.2, 0.25) is 5.02 Å². The van der Waals surface area contributed by atoms with E-state index < -0.39 is 0 Å². The Labute approximate surface area is 116 Å². The van der Waals surface area contributed by atoms with Crippen LogP contribution < -0.4 is 5.84 Å². The molecule has 1 aromatic heterocycles. The molecule has 0 saturated heterocycles. The van der Waals surface area contributed by atoms with Crippen LogP contribution in [0.25, 0.3) is 0 Å². The summed E-state index contributed by atoms with van der Waals surface area (Å²) in [6.45, 7) is 4.08. The lowest BCUT2D eigenvalue weighted by atomic mass is 10.2. The lowest BCUT2D eigenvalue weighted by molar-refractivity contribution is 0.712. The zero-order valence-electron chi connectivity index (χ0n) is 10.3. The molecule has 0 bridgehead atoms. The van der Waals surface area contributed by atoms with Crippen LogP contribution in [0.1, 0.15) is 31.2 Å². The highest BCUT2D eigenvalue weighted by Crippen LogP contribution is 2.23. The number of benzene rings is 1. The molecule has 18 heavy (non-hydrogen) atoms. The van der Waals surface area contributed by atoms with E-state index in [9.17, 15) is 0 Å². The predicted molar refractivity (Wildman–Crippen MR) is 75.3 cm³/mol. The minimum Gasteiger partial charge on any atom is -0.336 e. The molecule has 0 fully saturated rings. The first-order chi connectivity index (χ1) is 8.58. The van der Waals surface area contributed by atoms with Gasteiger partial charge in [-0.1, -0.05) is 49.3 Å². The second-order valence-electron chi connectivity index (χ2n) is 4.28. The Bertz CT molecular complexity index is 539. The van der Waals surface area contributed by atoms with Crippen LogP contribution in [0, 0.1) is 0 Å². The largest absolute Gasteiger partial charge is 0.336 e. The molecule has 0 unspecified atom stereocenters. The molecule has 2 aromatic rings. The maximum atomic E-state index is 5.94. The molecule has 0 aliphatic heterocycles. The first-order valence-electron chi connectivity index (χ1n) is 5.65. The Morgan fingerprint density at radius 2 is 2.17 bits per heavy atom. The molecular weight excluding hydrogens is 268 g/mol. The van der Waals surface area contributed by atoms with E-state index in [4.69, 9.17) is 17.4 Å². The topological polar surface area (TPSA) is 56.7 Å². The number of rotatable bonds is 4. The Morgan fingerprint density at radius 1 is 1.39 bits per heavy atom. The van der Waals surface area contributed by atoms with Crippen molar-refractivity contribution in [1.82, 2.24) is 14.9 Å². The number of nitrogens with two attached hydrogens (primary N) is 1. The monoisotopic (exact) mass is 282 g/mol. The fraction of sp³-hybridized carbons (Fsp3) is 0.333. The van der Waals surface area contributed by atoms with Gasteiger partial charge in [0.1, 0.15) is 0 Å². The molecule has 0 saturated carbocycles. The van der Waals surface area contributed by atoms with Gasteiger partial charge >= 0.3 is 0 Å². The maximum absolute atomic E-state index is 5.94. The van der Waals surface area contributed by atoms with Crippen LogP contribution in [0.5, 0.6) is 0 Å². The van der Waals surface area contributed by atoms with E-state index in [0.717, 1.165) is 27.3 Å². The van der Waals surface area contributed by atoms with E-state index in [1.54, 1.807) is 16.4 Å². The van der Waals surface area contributed by atoms with Crippen LogP contribution >= 0.6 is 23.4 Å². The SMILES string of the molecule is CC(C)c1nnc(SCc2cccc(Cl)c2)n1N. The molecule has 2 N–H and O–H groups in total. The van der Waals surface area contributed by atoms with Crippen molar-refractivity contribution < 1.29 is 0 Å². The van der Waals surface area contributed by atoms with Gasteiger partial charge in [-0.2, -0.15) is 0 Å². The van der Waals surface area contributed by atoms with Crippen LogP contribution in [0.3, 0.4) is 0 Å². The average molecular weight is 283 g/mol. The van der Waals surface area contributed by atoms with E-state index in [1.165, 1.54) is 0 Å². The molecule has 0 aliphatic rings. The van der Waals surface area contributed by atoms with Crippen LogP contribution in [-0.2, 0) is 5.75 Å². The Balaban J connectivity index is 2.07. The summed E-state index contributed by atoms with van der Waals surface area (Å²) in [7, 11) is 0. The summed E-state index contributed by atoms with van der Waals surface area (Å²) in [5.41, 5.74) is 1.14. The highest BCUT2D eigenvalue weighted by molar-refractivity contribution is 7.98. The van der Waals surface area contributed by atoms with Gasteiger partial charge in [-0.3, -0.25) is 0 Å². The van der Waals surface area contributed by atoms with Gasteiger partial charge in [0.15, 0.2) is 5.82 Å². The van der Waals surface area contributed by atoms with Crippen molar-refractivity contribution in [2.24, 2.45) is 0 Å². The van der Waals surface area contributed by atoms with Crippen molar-refractivity contribution in [3.05, 3.63) is 40.7 Å². The quantitative estimate of drug-likeness (QED) is 0.692. The summed E-state index contributed by atoms with van der Waals surface area (Å²) < 4.78 is 1.56. The first-order valence-corrected chi connectivity index (χ1v) is 7.02. The molecule has 1 aromatic carbocycles. The number of hydrogen-bond acceptors (Lipinski definition) is 4. The molecule has 0 aliphatic carbocycles. The zero-order chi connectivity index (χ0) is 13.1. The number of nitrogens with zero attached hydrogens (tertiary/aromatic N) is 3. The van der Waals surface area contributed by atoms with Gasteiger partial charge in [0.05, 0.1) is 0 Å². The summed E-state index contributed by atoms with van der Waals surface area (Å²) in [6.07, 6.45) is 0. The third kappa shape index (κ3) is 2.97. The van der Waals surface area contributed by atoms with Crippen LogP contribution in [0.4, 0.5) is 0 Å². The van der Waals surface area contributed by atoms with Gasteiger partial charge in [0.2, 0.25) is 5.16 Å². The second kappa shape index (κ2) is 5.63. The molecule has 1 heterocycles. The molecule has 0 spiro atoms. The first kappa shape index (κ1) is 13.2. The van der Waals surface area contributed by atoms with E-state index in [2.05, 4.69) is 10.2 Å². The summed E-state index contributed by atoms with van der Waals surface area (Å²) >= 11 is 7.49. The number of halogens is 1. The summed E-state index contributed by atoms with van der Waals surface area (Å²) in [5, 5.41) is 9.64. The number of thioether (sulfide) groups is 1. The van der Waals surface area contributed by atoms with Crippen molar-refractivity contribution >= 4 is 23.4 Å². The fourth-order valence-corrected chi connectivity index (χ4v) is 2.57. The normalized spacial score (nSPS) is 11.1. The maximum Gasteiger partial charge on any atom is 0.210 e. The van der Waals surface area contributed by atoms with E-state index in [0.29, 0.717) is 0 Å². The Hall–Kier alpha value is -1.20. The van der Waals surface area contributed by atoms with Gasteiger partial charge in [-0.25, -0.2) is 4.68 Å². The average Bonchev–Trinajstić information content (AvgIpc) is 2.68. The Morgan fingerprint density at radius 3 is 2.78 bits per heavy atom.